The number of rotatable bonds is 5. The van der Waals surface area contributed by atoms with Gasteiger partial charge in [0.25, 0.3) is 0 Å². The van der Waals surface area contributed by atoms with Crippen LogP contribution in [0.25, 0.3) is 0 Å². The predicted molar refractivity (Wildman–Crippen MR) is 64.9 cm³/mol. The predicted octanol–water partition coefficient (Wildman–Crippen LogP) is 3.13. The van der Waals surface area contributed by atoms with Gasteiger partial charge in [-0.25, -0.2) is 4.39 Å². The first-order chi connectivity index (χ1) is 7.99. The Morgan fingerprint density at radius 3 is 2.41 bits per heavy atom. The van der Waals surface area contributed by atoms with Crippen LogP contribution >= 0.6 is 0 Å². The van der Waals surface area contributed by atoms with E-state index in [9.17, 15) is 14.0 Å². The molecule has 0 aromatic heterocycles. The molecule has 0 N–H and O–H groups in total. The van der Waals surface area contributed by atoms with Gasteiger partial charge in [-0.3, -0.25) is 9.59 Å². The second kappa shape index (κ2) is 5.71. The van der Waals surface area contributed by atoms with Crippen molar-refractivity contribution in [3.05, 3.63) is 35.4 Å². The van der Waals surface area contributed by atoms with Crippen LogP contribution in [-0.2, 0) is 4.79 Å². The normalized spacial score (nSPS) is 14.1. The maximum atomic E-state index is 13.8. The molecule has 1 rings (SSSR count). The number of ketones is 2. The largest absolute Gasteiger partial charge is 0.296 e. The van der Waals surface area contributed by atoms with Gasteiger partial charge in [0.2, 0.25) is 12.0 Å². The summed E-state index contributed by atoms with van der Waals surface area (Å²) in [7, 11) is 0. The van der Waals surface area contributed by atoms with E-state index >= 15 is 0 Å². The van der Waals surface area contributed by atoms with Gasteiger partial charge in [-0.2, -0.15) is 0 Å². The van der Waals surface area contributed by atoms with Crippen LogP contribution in [-0.4, -0.2) is 17.7 Å². The Kier molecular flexibility index (Phi) is 4.55. The molecule has 0 amide bonds. The fourth-order valence-electron chi connectivity index (χ4n) is 1.57. The second-order valence-corrected chi connectivity index (χ2v) is 4.25. The molecule has 0 heterocycles. The fraction of sp³-hybridized carbons (Fsp3) is 0.429. The second-order valence-electron chi connectivity index (χ2n) is 4.25. The lowest BCUT2D eigenvalue weighted by Crippen LogP contribution is -2.30. The van der Waals surface area contributed by atoms with Gasteiger partial charge in [0, 0.05) is 11.5 Å². The third-order valence-electron chi connectivity index (χ3n) is 2.99. The minimum atomic E-state index is -2.04. The number of alkyl halides is 1. The summed E-state index contributed by atoms with van der Waals surface area (Å²) in [6, 6.07) is 6.72. The molecule has 2 unspecified atom stereocenters. The molecule has 2 atom stereocenters. The molecule has 0 fully saturated rings. The number of aryl methyl sites for hydroxylation is 1. The Morgan fingerprint density at radius 1 is 1.29 bits per heavy atom. The van der Waals surface area contributed by atoms with E-state index in [0.29, 0.717) is 12.0 Å². The van der Waals surface area contributed by atoms with E-state index in [2.05, 4.69) is 0 Å². The first-order valence-electron chi connectivity index (χ1n) is 5.76. The van der Waals surface area contributed by atoms with E-state index in [4.69, 9.17) is 0 Å². The molecule has 0 saturated heterocycles. The van der Waals surface area contributed by atoms with Crippen LogP contribution in [0.4, 0.5) is 4.39 Å². The molecule has 0 aliphatic carbocycles. The maximum absolute atomic E-state index is 13.8. The fourth-order valence-corrected chi connectivity index (χ4v) is 1.57. The molecular formula is C14H17FO2. The van der Waals surface area contributed by atoms with Crippen molar-refractivity contribution in [2.75, 3.05) is 0 Å². The molecule has 3 heteroatoms. The lowest BCUT2D eigenvalue weighted by atomic mass is 9.93. The van der Waals surface area contributed by atoms with Crippen LogP contribution in [0.5, 0.6) is 0 Å². The number of halogens is 1. The highest BCUT2D eigenvalue weighted by Gasteiger charge is 2.30. The Hall–Kier alpha value is -1.51. The van der Waals surface area contributed by atoms with Crippen LogP contribution < -0.4 is 0 Å². The Labute approximate surface area is 101 Å². The van der Waals surface area contributed by atoms with Crippen molar-refractivity contribution in [3.63, 3.8) is 0 Å². The zero-order valence-corrected chi connectivity index (χ0v) is 10.4. The van der Waals surface area contributed by atoms with E-state index in [-0.39, 0.29) is 5.56 Å². The Morgan fingerprint density at radius 2 is 1.88 bits per heavy atom. The molecule has 0 aliphatic rings. The van der Waals surface area contributed by atoms with Gasteiger partial charge in [0.15, 0.2) is 5.78 Å². The summed E-state index contributed by atoms with van der Waals surface area (Å²) in [5, 5.41) is 0. The minimum Gasteiger partial charge on any atom is -0.296 e. The van der Waals surface area contributed by atoms with Crippen molar-refractivity contribution in [2.24, 2.45) is 5.92 Å². The van der Waals surface area contributed by atoms with Crippen LogP contribution in [0.2, 0.25) is 0 Å². The van der Waals surface area contributed by atoms with Crippen molar-refractivity contribution in [1.82, 2.24) is 0 Å². The Balaban J connectivity index is 2.91. The quantitative estimate of drug-likeness (QED) is 0.581. The number of carbonyl (C=O) groups is 2. The van der Waals surface area contributed by atoms with Crippen molar-refractivity contribution in [2.45, 2.75) is 33.4 Å². The molecular weight excluding hydrogens is 219 g/mol. The molecule has 1 aromatic carbocycles. The average Bonchev–Trinajstić information content (AvgIpc) is 2.35. The van der Waals surface area contributed by atoms with Crippen molar-refractivity contribution in [1.29, 1.82) is 0 Å². The lowest BCUT2D eigenvalue weighted by molar-refractivity contribution is -0.125. The highest BCUT2D eigenvalue weighted by molar-refractivity contribution is 6.14. The monoisotopic (exact) mass is 236 g/mol. The molecule has 0 aliphatic heterocycles. The number of hydrogen-bond donors (Lipinski definition) is 0. The van der Waals surface area contributed by atoms with E-state index < -0.39 is 23.7 Å². The van der Waals surface area contributed by atoms with Gasteiger partial charge >= 0.3 is 0 Å². The summed E-state index contributed by atoms with van der Waals surface area (Å²) in [4.78, 5) is 23.4. The first kappa shape index (κ1) is 13.6. The highest BCUT2D eigenvalue weighted by atomic mass is 19.1. The smallest absolute Gasteiger partial charge is 0.221 e. The van der Waals surface area contributed by atoms with Crippen molar-refractivity contribution in [3.8, 4) is 0 Å². The number of hydrogen-bond acceptors (Lipinski definition) is 2. The molecule has 17 heavy (non-hydrogen) atoms. The summed E-state index contributed by atoms with van der Waals surface area (Å²) in [5.41, 5.74) is 0.980. The summed E-state index contributed by atoms with van der Waals surface area (Å²) >= 11 is 0. The van der Waals surface area contributed by atoms with E-state index in [1.807, 2.05) is 0 Å². The SMILES string of the molecule is CCC(C)C(=O)C(F)C(=O)c1ccccc1C. The molecule has 0 radical (unpaired) electrons. The molecule has 92 valence electrons. The lowest BCUT2D eigenvalue weighted by Gasteiger charge is -2.12. The molecule has 1 aromatic rings. The first-order valence-corrected chi connectivity index (χ1v) is 5.76. The summed E-state index contributed by atoms with van der Waals surface area (Å²) in [6.07, 6.45) is -1.49. The minimum absolute atomic E-state index is 0.289. The van der Waals surface area contributed by atoms with Crippen molar-refractivity contribution < 1.29 is 14.0 Å². The molecule has 0 bridgehead atoms. The number of Topliss-reactive ketones (excluding diaryl/α,β-unsaturated/α-hetero) is 2. The summed E-state index contributed by atoms with van der Waals surface area (Å²) in [6.45, 7) is 5.17. The highest BCUT2D eigenvalue weighted by Crippen LogP contribution is 2.16. The summed E-state index contributed by atoms with van der Waals surface area (Å²) < 4.78 is 13.8. The van der Waals surface area contributed by atoms with Crippen LogP contribution in [0.15, 0.2) is 24.3 Å². The third-order valence-corrected chi connectivity index (χ3v) is 2.99. The molecule has 2 nitrogen and oxygen atoms in total. The van der Waals surface area contributed by atoms with Crippen LogP contribution in [0.1, 0.15) is 36.2 Å². The summed E-state index contributed by atoms with van der Waals surface area (Å²) in [5.74, 6) is -1.77. The topological polar surface area (TPSA) is 34.1 Å². The van der Waals surface area contributed by atoms with E-state index in [1.54, 1.807) is 45.0 Å². The number of carbonyl (C=O) groups excluding carboxylic acids is 2. The van der Waals surface area contributed by atoms with Crippen molar-refractivity contribution >= 4 is 11.6 Å². The maximum Gasteiger partial charge on any atom is 0.221 e. The van der Waals surface area contributed by atoms with Gasteiger partial charge in [-0.1, -0.05) is 38.1 Å². The average molecular weight is 236 g/mol. The standard InChI is InChI=1S/C14H17FO2/c1-4-9(2)13(16)12(15)14(17)11-8-6-5-7-10(11)3/h5-9,12H,4H2,1-3H3. The van der Waals surface area contributed by atoms with Gasteiger partial charge in [0.05, 0.1) is 0 Å². The van der Waals surface area contributed by atoms with E-state index in [1.165, 1.54) is 0 Å². The van der Waals surface area contributed by atoms with E-state index in [0.717, 1.165) is 0 Å². The van der Waals surface area contributed by atoms with Gasteiger partial charge in [-0.05, 0) is 18.9 Å². The molecule has 0 spiro atoms. The van der Waals surface area contributed by atoms with Crippen LogP contribution in [0.3, 0.4) is 0 Å². The van der Waals surface area contributed by atoms with Gasteiger partial charge in [0.1, 0.15) is 0 Å². The Bertz CT molecular complexity index is 426. The zero-order chi connectivity index (χ0) is 13.0. The zero-order valence-electron chi connectivity index (χ0n) is 10.4. The van der Waals surface area contributed by atoms with Crippen LogP contribution in [0, 0.1) is 12.8 Å². The molecule has 0 saturated carbocycles. The third kappa shape index (κ3) is 2.99. The number of benzene rings is 1. The van der Waals surface area contributed by atoms with Gasteiger partial charge < -0.3 is 0 Å². The van der Waals surface area contributed by atoms with Gasteiger partial charge in [-0.15, -0.1) is 0 Å².